The maximum absolute atomic E-state index is 10.8. The highest BCUT2D eigenvalue weighted by Gasteiger charge is 2.37. The summed E-state index contributed by atoms with van der Waals surface area (Å²) in [5.74, 6) is 0.264. The lowest BCUT2D eigenvalue weighted by Gasteiger charge is -2.41. The van der Waals surface area contributed by atoms with Crippen LogP contribution in [0.2, 0.25) is 0 Å². The van der Waals surface area contributed by atoms with Gasteiger partial charge in [-0.1, -0.05) is 6.08 Å². The highest BCUT2D eigenvalue weighted by atomic mass is 35.5. The third-order valence-corrected chi connectivity index (χ3v) is 3.13. The molecular formula is C7H10ClNOS. The summed E-state index contributed by atoms with van der Waals surface area (Å²) in [7, 11) is 0. The topological polar surface area (TPSA) is 20.3 Å². The Morgan fingerprint density at radius 1 is 1.73 bits per heavy atom. The van der Waals surface area contributed by atoms with Gasteiger partial charge in [-0.2, -0.15) is 0 Å². The van der Waals surface area contributed by atoms with Crippen LogP contribution in [0, 0.1) is 0 Å². The fraction of sp³-hybridized carbons (Fsp3) is 0.571. The molecule has 1 amide bonds. The molecule has 1 unspecified atom stereocenters. The van der Waals surface area contributed by atoms with Crippen LogP contribution in [0.25, 0.3) is 0 Å². The van der Waals surface area contributed by atoms with Gasteiger partial charge in [-0.15, -0.1) is 24.2 Å². The Bertz CT molecular complexity index is 207. The molecule has 2 aliphatic rings. The molecule has 2 aliphatic heterocycles. The molecule has 0 bridgehead atoms. The summed E-state index contributed by atoms with van der Waals surface area (Å²) in [5, 5.41) is 1.03. The van der Waals surface area contributed by atoms with Crippen molar-refractivity contribution in [1.82, 2.24) is 4.90 Å². The summed E-state index contributed by atoms with van der Waals surface area (Å²) in [4.78, 5) is 12.6. The van der Waals surface area contributed by atoms with Gasteiger partial charge in [0.25, 0.3) is 0 Å². The minimum atomic E-state index is 0. The third-order valence-electron chi connectivity index (χ3n) is 1.84. The van der Waals surface area contributed by atoms with Gasteiger partial charge in [0.05, 0.1) is 11.8 Å². The van der Waals surface area contributed by atoms with Gasteiger partial charge in [-0.05, 0) is 6.92 Å². The molecule has 2 heterocycles. The molecule has 1 fully saturated rings. The van der Waals surface area contributed by atoms with Crippen LogP contribution in [-0.4, -0.2) is 21.4 Å². The molecule has 0 aromatic heterocycles. The van der Waals surface area contributed by atoms with Gasteiger partial charge < -0.3 is 4.90 Å². The van der Waals surface area contributed by atoms with Crippen molar-refractivity contribution in [3.63, 3.8) is 0 Å². The van der Waals surface area contributed by atoms with Crippen LogP contribution < -0.4 is 0 Å². The van der Waals surface area contributed by atoms with Gasteiger partial charge in [0.2, 0.25) is 5.91 Å². The number of amides is 1. The van der Waals surface area contributed by atoms with E-state index in [2.05, 4.69) is 13.0 Å². The molecule has 0 aliphatic carbocycles. The quantitative estimate of drug-likeness (QED) is 0.543. The lowest BCUT2D eigenvalue weighted by atomic mass is 10.2. The Balaban J connectivity index is 0.000000605. The van der Waals surface area contributed by atoms with Crippen LogP contribution in [0.15, 0.2) is 12.3 Å². The van der Waals surface area contributed by atoms with Crippen molar-refractivity contribution in [1.29, 1.82) is 0 Å². The number of rotatable bonds is 0. The molecule has 0 radical (unpaired) electrons. The Morgan fingerprint density at radius 3 is 3.00 bits per heavy atom. The average Bonchev–Trinajstić information content (AvgIpc) is 1.86. The molecule has 62 valence electrons. The number of hydrogen-bond acceptors (Lipinski definition) is 2. The number of thioether (sulfide) groups is 1. The fourth-order valence-corrected chi connectivity index (χ4v) is 2.42. The lowest BCUT2D eigenvalue weighted by molar-refractivity contribution is -0.137. The number of β-lactam (4-membered cyclic amide) rings is 1. The zero-order valence-corrected chi connectivity index (χ0v) is 7.82. The summed E-state index contributed by atoms with van der Waals surface area (Å²) in [6.07, 6.45) is 4.72. The Labute approximate surface area is 76.4 Å². The van der Waals surface area contributed by atoms with E-state index in [0.717, 1.165) is 6.42 Å². The molecule has 0 aromatic carbocycles. The molecule has 2 rings (SSSR count). The molecule has 2 nitrogen and oxygen atoms in total. The predicted molar refractivity (Wildman–Crippen MR) is 48.7 cm³/mol. The second-order valence-electron chi connectivity index (χ2n) is 2.64. The van der Waals surface area contributed by atoms with E-state index in [9.17, 15) is 4.79 Å². The number of fused-ring (bicyclic) bond motifs is 1. The monoisotopic (exact) mass is 191 g/mol. The van der Waals surface area contributed by atoms with Crippen molar-refractivity contribution in [2.45, 2.75) is 24.0 Å². The van der Waals surface area contributed by atoms with Gasteiger partial charge in [0.1, 0.15) is 0 Å². The number of halogens is 1. The molecule has 0 N–H and O–H groups in total. The Morgan fingerprint density at radius 2 is 2.45 bits per heavy atom. The Hall–Kier alpha value is -0.150. The lowest BCUT2D eigenvalue weighted by Crippen LogP contribution is -2.49. The van der Waals surface area contributed by atoms with E-state index in [0.29, 0.717) is 10.6 Å². The number of hydrogen-bond donors (Lipinski definition) is 0. The summed E-state index contributed by atoms with van der Waals surface area (Å²) in [6, 6.07) is 0. The van der Waals surface area contributed by atoms with Crippen LogP contribution in [-0.2, 0) is 4.79 Å². The molecule has 0 saturated carbocycles. The van der Waals surface area contributed by atoms with E-state index in [-0.39, 0.29) is 18.3 Å². The van der Waals surface area contributed by atoms with Gasteiger partial charge in [0, 0.05) is 11.4 Å². The maximum Gasteiger partial charge on any atom is 0.230 e. The largest absolute Gasteiger partial charge is 0.306 e. The SMILES string of the molecule is CC1C=CN2C(=O)C[C@H]2S1.Cl. The number of nitrogens with zero attached hydrogens (tertiary/aromatic N) is 1. The molecule has 4 heteroatoms. The van der Waals surface area contributed by atoms with Crippen LogP contribution in [0.3, 0.4) is 0 Å². The zero-order chi connectivity index (χ0) is 7.14. The van der Waals surface area contributed by atoms with Gasteiger partial charge in [-0.25, -0.2) is 0 Å². The van der Waals surface area contributed by atoms with E-state index in [1.807, 2.05) is 22.9 Å². The normalized spacial score (nSPS) is 33.9. The average molecular weight is 192 g/mol. The molecule has 2 atom stereocenters. The van der Waals surface area contributed by atoms with Crippen LogP contribution in [0.1, 0.15) is 13.3 Å². The first-order chi connectivity index (χ1) is 4.77. The summed E-state index contributed by atoms with van der Waals surface area (Å²) < 4.78 is 0. The van der Waals surface area contributed by atoms with Crippen LogP contribution in [0.4, 0.5) is 0 Å². The summed E-state index contributed by atoms with van der Waals surface area (Å²) >= 11 is 1.86. The maximum atomic E-state index is 10.8. The van der Waals surface area contributed by atoms with Gasteiger partial charge in [-0.3, -0.25) is 4.79 Å². The van der Waals surface area contributed by atoms with E-state index >= 15 is 0 Å². The van der Waals surface area contributed by atoms with E-state index in [4.69, 9.17) is 0 Å². The first kappa shape index (κ1) is 8.94. The molecule has 0 aromatic rings. The first-order valence-electron chi connectivity index (χ1n) is 3.42. The second kappa shape index (κ2) is 3.07. The Kier molecular flexibility index (Phi) is 2.50. The predicted octanol–water partition coefficient (Wildman–Crippen LogP) is 1.62. The minimum Gasteiger partial charge on any atom is -0.306 e. The molecule has 0 spiro atoms. The van der Waals surface area contributed by atoms with Crippen LogP contribution >= 0.6 is 24.2 Å². The minimum absolute atomic E-state index is 0. The van der Waals surface area contributed by atoms with Gasteiger partial charge in [0.15, 0.2) is 0 Å². The summed E-state index contributed by atoms with van der Waals surface area (Å²) in [5.41, 5.74) is 0. The van der Waals surface area contributed by atoms with Crippen molar-refractivity contribution < 1.29 is 4.79 Å². The fourth-order valence-electron chi connectivity index (χ4n) is 1.20. The van der Waals surface area contributed by atoms with E-state index in [1.54, 1.807) is 0 Å². The van der Waals surface area contributed by atoms with Crippen molar-refractivity contribution in [2.24, 2.45) is 0 Å². The summed E-state index contributed by atoms with van der Waals surface area (Å²) in [6.45, 7) is 2.15. The smallest absolute Gasteiger partial charge is 0.230 e. The molecule has 1 saturated heterocycles. The number of carbonyl (C=O) groups excluding carboxylic acids is 1. The van der Waals surface area contributed by atoms with Crippen LogP contribution in [0.5, 0.6) is 0 Å². The van der Waals surface area contributed by atoms with Crippen molar-refractivity contribution in [3.05, 3.63) is 12.3 Å². The second-order valence-corrected chi connectivity index (χ2v) is 4.20. The number of carbonyl (C=O) groups is 1. The highest BCUT2D eigenvalue weighted by molar-refractivity contribution is 8.00. The van der Waals surface area contributed by atoms with Crippen molar-refractivity contribution in [2.75, 3.05) is 0 Å². The standard InChI is InChI=1S/C7H9NOS.ClH/c1-5-2-3-8-6(9)4-7(8)10-5;/h2-3,5,7H,4H2,1H3;1H/t5?,7-;/m1./s1. The highest BCUT2D eigenvalue weighted by Crippen LogP contribution is 2.36. The third kappa shape index (κ3) is 1.40. The van der Waals surface area contributed by atoms with E-state index in [1.165, 1.54) is 0 Å². The van der Waals surface area contributed by atoms with Crippen molar-refractivity contribution in [3.8, 4) is 0 Å². The van der Waals surface area contributed by atoms with Crippen molar-refractivity contribution >= 4 is 30.1 Å². The molecular weight excluding hydrogens is 182 g/mol. The molecule has 11 heavy (non-hydrogen) atoms. The zero-order valence-electron chi connectivity index (χ0n) is 6.19. The van der Waals surface area contributed by atoms with E-state index < -0.39 is 0 Å². The first-order valence-corrected chi connectivity index (χ1v) is 4.36. The van der Waals surface area contributed by atoms with Gasteiger partial charge >= 0.3 is 0 Å².